The van der Waals surface area contributed by atoms with Crippen LogP contribution in [0.2, 0.25) is 5.02 Å². The number of urea groups is 1. The maximum Gasteiger partial charge on any atom is 0.319 e. The number of carbonyl (C=O) groups is 1. The van der Waals surface area contributed by atoms with Gasteiger partial charge < -0.3 is 10.6 Å². The van der Waals surface area contributed by atoms with Crippen LogP contribution in [-0.2, 0) is 16.4 Å². The molecule has 0 bridgehead atoms. The van der Waals surface area contributed by atoms with Crippen molar-refractivity contribution in [2.75, 3.05) is 42.5 Å². The van der Waals surface area contributed by atoms with E-state index in [1.54, 1.807) is 18.2 Å². The zero-order chi connectivity index (χ0) is 19.9. The Morgan fingerprint density at radius 1 is 1.00 bits per heavy atom. The Kier molecular flexibility index (Phi) is 4.95. The first-order chi connectivity index (χ1) is 13.4. The lowest BCUT2D eigenvalue weighted by atomic mass is 10.2. The first-order valence-electron chi connectivity index (χ1n) is 9.07. The molecule has 28 heavy (non-hydrogen) atoms. The van der Waals surface area contributed by atoms with E-state index in [4.69, 9.17) is 17.3 Å². The minimum atomic E-state index is -3.59. The highest BCUT2D eigenvalue weighted by Gasteiger charge is 2.31. The van der Waals surface area contributed by atoms with Crippen LogP contribution in [-0.4, -0.2) is 51.5 Å². The first-order valence-corrected chi connectivity index (χ1v) is 10.9. The number of benzene rings is 2. The van der Waals surface area contributed by atoms with Gasteiger partial charge >= 0.3 is 6.03 Å². The summed E-state index contributed by atoms with van der Waals surface area (Å²) in [6.45, 7) is 2.48. The Balaban J connectivity index is 1.50. The van der Waals surface area contributed by atoms with Crippen molar-refractivity contribution >= 4 is 39.0 Å². The summed E-state index contributed by atoms with van der Waals surface area (Å²) in [6.07, 6.45) is 0.601. The average molecular weight is 421 g/mol. The molecule has 2 aliphatic rings. The summed E-state index contributed by atoms with van der Waals surface area (Å²) in [5.74, 6) is 0. The second-order valence-electron chi connectivity index (χ2n) is 6.90. The molecular weight excluding hydrogens is 400 g/mol. The molecule has 148 valence electrons. The van der Waals surface area contributed by atoms with Crippen LogP contribution < -0.4 is 15.5 Å². The van der Waals surface area contributed by atoms with E-state index < -0.39 is 16.1 Å². The van der Waals surface area contributed by atoms with Crippen molar-refractivity contribution in [2.45, 2.75) is 11.3 Å². The molecule has 0 spiro atoms. The number of halogens is 1. The van der Waals surface area contributed by atoms with Crippen molar-refractivity contribution in [2.24, 2.45) is 5.73 Å². The molecular formula is C19H21ClN4O3S. The largest absolute Gasteiger partial charge is 0.369 e. The number of amides is 2. The molecule has 2 aliphatic heterocycles. The molecule has 9 heteroatoms. The molecule has 0 aliphatic carbocycles. The summed E-state index contributed by atoms with van der Waals surface area (Å²) in [5.41, 5.74) is 7.89. The predicted octanol–water partition coefficient (Wildman–Crippen LogP) is 2.29. The number of carbonyl (C=O) groups excluding carboxylic acids is 1. The Hall–Kier alpha value is -2.29. The fraction of sp³-hybridized carbons (Fsp3) is 0.316. The topological polar surface area (TPSA) is 86.9 Å². The van der Waals surface area contributed by atoms with Crippen molar-refractivity contribution in [1.29, 1.82) is 0 Å². The van der Waals surface area contributed by atoms with Crippen LogP contribution in [0, 0.1) is 0 Å². The molecule has 2 aromatic carbocycles. The van der Waals surface area contributed by atoms with Gasteiger partial charge in [-0.3, -0.25) is 4.90 Å². The summed E-state index contributed by atoms with van der Waals surface area (Å²) in [4.78, 5) is 15.3. The summed E-state index contributed by atoms with van der Waals surface area (Å²) in [7, 11) is -3.59. The number of piperazine rings is 1. The number of nitrogens with two attached hydrogens (primary N) is 1. The predicted molar refractivity (Wildman–Crippen MR) is 109 cm³/mol. The summed E-state index contributed by atoms with van der Waals surface area (Å²) >= 11 is 6.06. The second kappa shape index (κ2) is 7.27. The lowest BCUT2D eigenvalue weighted by Crippen LogP contribution is -2.48. The number of anilines is 2. The van der Waals surface area contributed by atoms with Crippen molar-refractivity contribution in [1.82, 2.24) is 4.31 Å². The van der Waals surface area contributed by atoms with Crippen LogP contribution in [0.25, 0.3) is 0 Å². The van der Waals surface area contributed by atoms with Crippen LogP contribution in [0.4, 0.5) is 16.2 Å². The molecule has 2 amide bonds. The van der Waals surface area contributed by atoms with E-state index in [1.165, 1.54) is 9.21 Å². The van der Waals surface area contributed by atoms with Crippen LogP contribution in [0.5, 0.6) is 0 Å². The third kappa shape index (κ3) is 3.43. The maximum atomic E-state index is 13.1. The Labute approximate surface area is 169 Å². The highest BCUT2D eigenvalue weighted by molar-refractivity contribution is 7.89. The zero-order valence-electron chi connectivity index (χ0n) is 15.2. The number of nitrogens with zero attached hydrogens (tertiary/aromatic N) is 3. The second-order valence-corrected chi connectivity index (χ2v) is 9.28. The zero-order valence-corrected chi connectivity index (χ0v) is 16.8. The molecule has 2 aromatic rings. The number of rotatable bonds is 3. The molecule has 0 saturated carbocycles. The van der Waals surface area contributed by atoms with E-state index in [2.05, 4.69) is 4.90 Å². The van der Waals surface area contributed by atoms with Crippen LogP contribution in [0.1, 0.15) is 5.56 Å². The molecule has 0 radical (unpaired) electrons. The Morgan fingerprint density at radius 3 is 2.43 bits per heavy atom. The van der Waals surface area contributed by atoms with E-state index in [0.717, 1.165) is 11.3 Å². The van der Waals surface area contributed by atoms with Gasteiger partial charge in [0, 0.05) is 49.1 Å². The molecule has 4 rings (SSSR count). The van der Waals surface area contributed by atoms with Gasteiger partial charge in [-0.25, -0.2) is 13.2 Å². The number of fused-ring (bicyclic) bond motifs is 1. The van der Waals surface area contributed by atoms with Crippen LogP contribution in [0.3, 0.4) is 0 Å². The van der Waals surface area contributed by atoms with Gasteiger partial charge in [0.05, 0.1) is 4.90 Å². The third-order valence-electron chi connectivity index (χ3n) is 5.26. The third-order valence-corrected chi connectivity index (χ3v) is 7.39. The standard InChI is InChI=1S/C19H21ClN4O3S/c20-15-2-1-3-16(13-15)22-8-10-23(11-9-22)28(26,27)17-4-5-18-14(12-17)6-7-24(18)19(21)25/h1-5,12-13H,6-11H2,(H2,21,25). The van der Waals surface area contributed by atoms with E-state index >= 15 is 0 Å². The molecule has 0 unspecified atom stereocenters. The van der Waals surface area contributed by atoms with Gasteiger partial charge in [-0.05, 0) is 48.4 Å². The number of primary amides is 1. The molecule has 1 fully saturated rings. The minimum Gasteiger partial charge on any atom is -0.369 e. The molecule has 0 atom stereocenters. The van der Waals surface area contributed by atoms with Gasteiger partial charge in [0.1, 0.15) is 0 Å². The smallest absolute Gasteiger partial charge is 0.319 e. The molecule has 1 saturated heterocycles. The minimum absolute atomic E-state index is 0.258. The van der Waals surface area contributed by atoms with Gasteiger partial charge in [-0.1, -0.05) is 17.7 Å². The van der Waals surface area contributed by atoms with E-state index in [1.807, 2.05) is 24.3 Å². The van der Waals surface area contributed by atoms with Gasteiger partial charge in [-0.2, -0.15) is 4.31 Å². The van der Waals surface area contributed by atoms with Crippen molar-refractivity contribution < 1.29 is 13.2 Å². The van der Waals surface area contributed by atoms with Gasteiger partial charge in [-0.15, -0.1) is 0 Å². The lowest BCUT2D eigenvalue weighted by Gasteiger charge is -2.35. The average Bonchev–Trinajstić information content (AvgIpc) is 3.11. The monoisotopic (exact) mass is 420 g/mol. The van der Waals surface area contributed by atoms with Crippen LogP contribution in [0.15, 0.2) is 47.4 Å². The molecule has 2 heterocycles. The number of hydrogen-bond acceptors (Lipinski definition) is 4. The van der Waals surface area contributed by atoms with E-state index in [-0.39, 0.29) is 4.90 Å². The summed E-state index contributed by atoms with van der Waals surface area (Å²) in [5, 5.41) is 0.663. The highest BCUT2D eigenvalue weighted by atomic mass is 35.5. The lowest BCUT2D eigenvalue weighted by molar-refractivity contribution is 0.254. The fourth-order valence-corrected chi connectivity index (χ4v) is 5.43. The highest BCUT2D eigenvalue weighted by Crippen LogP contribution is 2.31. The van der Waals surface area contributed by atoms with Crippen molar-refractivity contribution in [3.63, 3.8) is 0 Å². The maximum absolute atomic E-state index is 13.1. The van der Waals surface area contributed by atoms with Gasteiger partial charge in [0.25, 0.3) is 0 Å². The Bertz CT molecular complexity index is 1020. The fourth-order valence-electron chi connectivity index (χ4n) is 3.78. The SMILES string of the molecule is NC(=O)N1CCc2cc(S(=O)(=O)N3CCN(c4cccc(Cl)c4)CC3)ccc21. The van der Waals surface area contributed by atoms with Crippen molar-refractivity contribution in [3.05, 3.63) is 53.1 Å². The van der Waals surface area contributed by atoms with Crippen LogP contribution >= 0.6 is 11.6 Å². The normalized spacial score (nSPS) is 17.6. The summed E-state index contributed by atoms with van der Waals surface area (Å²) < 4.78 is 27.7. The first kappa shape index (κ1) is 19.0. The van der Waals surface area contributed by atoms with Gasteiger partial charge in [0.15, 0.2) is 0 Å². The Morgan fingerprint density at radius 2 is 1.75 bits per heavy atom. The molecule has 7 nitrogen and oxygen atoms in total. The van der Waals surface area contributed by atoms with E-state index in [9.17, 15) is 13.2 Å². The summed E-state index contributed by atoms with van der Waals surface area (Å²) in [6, 6.07) is 11.9. The quantitative estimate of drug-likeness (QED) is 0.825. The number of sulfonamides is 1. The molecule has 0 aromatic heterocycles. The molecule has 2 N–H and O–H groups in total. The van der Waals surface area contributed by atoms with Gasteiger partial charge in [0.2, 0.25) is 10.0 Å². The van der Waals surface area contributed by atoms with E-state index in [0.29, 0.717) is 49.9 Å². The van der Waals surface area contributed by atoms with Crippen molar-refractivity contribution in [3.8, 4) is 0 Å². The number of hydrogen-bond donors (Lipinski definition) is 1.